The summed E-state index contributed by atoms with van der Waals surface area (Å²) >= 11 is 0. The lowest BCUT2D eigenvalue weighted by Gasteiger charge is -2.20. The molecule has 0 aliphatic carbocycles. The van der Waals surface area contributed by atoms with E-state index in [4.69, 9.17) is 11.5 Å². The Morgan fingerprint density at radius 2 is 2.55 bits per heavy atom. The number of aliphatic carboxylic acids is 1. The molecule has 60 valence electrons. The van der Waals surface area contributed by atoms with Gasteiger partial charge in [-0.3, -0.25) is 4.79 Å². The highest BCUT2D eigenvalue weighted by atomic mass is 16.4. The predicted molar refractivity (Wildman–Crippen MR) is 41.1 cm³/mol. The van der Waals surface area contributed by atoms with Crippen LogP contribution in [0.1, 0.15) is 19.3 Å². The van der Waals surface area contributed by atoms with Crippen LogP contribution in [0.4, 0.5) is 0 Å². The lowest BCUT2D eigenvalue weighted by atomic mass is 9.94. The number of hydrogen-bond donors (Lipinski definition) is 2. The van der Waals surface area contributed by atoms with Gasteiger partial charge in [0.2, 0.25) is 0 Å². The van der Waals surface area contributed by atoms with E-state index in [2.05, 4.69) is 11.2 Å². The first-order chi connectivity index (χ1) is 5.21. The maximum absolute atomic E-state index is 10.8. The van der Waals surface area contributed by atoms with Crippen LogP contribution in [0.3, 0.4) is 0 Å². The molecule has 0 saturated carbocycles. The highest BCUT2D eigenvalue weighted by Gasteiger charge is 2.40. The molecule has 0 bridgehead atoms. The van der Waals surface area contributed by atoms with Crippen LogP contribution in [-0.4, -0.2) is 23.2 Å². The molecule has 1 saturated heterocycles. The minimum Gasteiger partial charge on any atom is -0.480 e. The second kappa shape index (κ2) is 2.93. The minimum absolute atomic E-state index is 0.280. The standard InChI is InChI=1S/C8H11NO2/c1-2-4-8(7(10)11)5-3-6-9-8/h1,9H,3-6H2,(H,10,11)/t8-/m1/s1. The van der Waals surface area contributed by atoms with Crippen molar-refractivity contribution in [2.75, 3.05) is 6.54 Å². The average Bonchev–Trinajstić information content (AvgIpc) is 2.38. The summed E-state index contributed by atoms with van der Waals surface area (Å²) in [5.41, 5.74) is -0.825. The summed E-state index contributed by atoms with van der Waals surface area (Å²) < 4.78 is 0. The number of terminal acetylenes is 1. The van der Waals surface area contributed by atoms with Crippen LogP contribution < -0.4 is 5.32 Å². The average molecular weight is 153 g/mol. The molecule has 1 aliphatic rings. The maximum atomic E-state index is 10.8. The van der Waals surface area contributed by atoms with Crippen LogP contribution in [0.15, 0.2) is 0 Å². The van der Waals surface area contributed by atoms with Gasteiger partial charge in [-0.05, 0) is 19.4 Å². The van der Waals surface area contributed by atoms with Gasteiger partial charge >= 0.3 is 5.97 Å². The van der Waals surface area contributed by atoms with Gasteiger partial charge in [-0.2, -0.15) is 0 Å². The Kier molecular flexibility index (Phi) is 2.16. The molecule has 1 fully saturated rings. The molecule has 0 amide bonds. The van der Waals surface area contributed by atoms with Gasteiger partial charge in [0.05, 0.1) is 0 Å². The van der Waals surface area contributed by atoms with Crippen LogP contribution >= 0.6 is 0 Å². The topological polar surface area (TPSA) is 49.3 Å². The third-order valence-electron chi connectivity index (χ3n) is 2.06. The van der Waals surface area contributed by atoms with Crippen molar-refractivity contribution in [3.8, 4) is 12.3 Å². The number of hydrogen-bond acceptors (Lipinski definition) is 2. The molecule has 1 aliphatic heterocycles. The molecular formula is C8H11NO2. The molecule has 0 aromatic rings. The summed E-state index contributed by atoms with van der Waals surface area (Å²) in [5, 5.41) is 11.8. The molecule has 0 spiro atoms. The largest absolute Gasteiger partial charge is 0.480 e. The van der Waals surface area contributed by atoms with E-state index in [0.717, 1.165) is 13.0 Å². The van der Waals surface area contributed by atoms with E-state index in [1.807, 2.05) is 0 Å². The second-order valence-corrected chi connectivity index (χ2v) is 2.80. The molecule has 0 aromatic carbocycles. The van der Waals surface area contributed by atoms with Gasteiger partial charge in [0, 0.05) is 6.42 Å². The summed E-state index contributed by atoms with van der Waals surface area (Å²) in [5.74, 6) is 1.56. The van der Waals surface area contributed by atoms with E-state index in [1.54, 1.807) is 0 Å². The fourth-order valence-electron chi connectivity index (χ4n) is 1.39. The summed E-state index contributed by atoms with van der Waals surface area (Å²) in [7, 11) is 0. The van der Waals surface area contributed by atoms with Crippen molar-refractivity contribution in [1.29, 1.82) is 0 Å². The first-order valence-electron chi connectivity index (χ1n) is 3.63. The quantitative estimate of drug-likeness (QED) is 0.558. The Morgan fingerprint density at radius 1 is 1.82 bits per heavy atom. The first kappa shape index (κ1) is 8.09. The van der Waals surface area contributed by atoms with Crippen molar-refractivity contribution >= 4 is 5.97 Å². The van der Waals surface area contributed by atoms with Gasteiger partial charge in [-0.25, -0.2) is 0 Å². The number of carboxylic acid groups (broad SMARTS) is 1. The molecule has 0 radical (unpaired) electrons. The fourth-order valence-corrected chi connectivity index (χ4v) is 1.39. The highest BCUT2D eigenvalue weighted by Crippen LogP contribution is 2.22. The molecule has 1 heterocycles. The summed E-state index contributed by atoms with van der Waals surface area (Å²) in [6, 6.07) is 0. The van der Waals surface area contributed by atoms with Crippen LogP contribution in [0.5, 0.6) is 0 Å². The van der Waals surface area contributed by atoms with E-state index in [9.17, 15) is 4.79 Å². The van der Waals surface area contributed by atoms with Gasteiger partial charge in [-0.1, -0.05) is 0 Å². The normalized spacial score (nSPS) is 29.7. The van der Waals surface area contributed by atoms with E-state index in [0.29, 0.717) is 6.42 Å². The third kappa shape index (κ3) is 1.36. The molecule has 0 aromatic heterocycles. The van der Waals surface area contributed by atoms with Crippen LogP contribution in [0.2, 0.25) is 0 Å². The third-order valence-corrected chi connectivity index (χ3v) is 2.06. The zero-order valence-electron chi connectivity index (χ0n) is 6.26. The van der Waals surface area contributed by atoms with Crippen molar-refractivity contribution in [2.24, 2.45) is 0 Å². The highest BCUT2D eigenvalue weighted by molar-refractivity contribution is 5.79. The molecule has 3 nitrogen and oxygen atoms in total. The number of carbonyl (C=O) groups is 1. The van der Waals surface area contributed by atoms with Crippen molar-refractivity contribution in [1.82, 2.24) is 5.32 Å². The Morgan fingerprint density at radius 3 is 2.91 bits per heavy atom. The lowest BCUT2D eigenvalue weighted by molar-refractivity contribution is -0.144. The van der Waals surface area contributed by atoms with E-state index in [-0.39, 0.29) is 6.42 Å². The summed E-state index contributed by atoms with van der Waals surface area (Å²) in [4.78, 5) is 10.8. The van der Waals surface area contributed by atoms with E-state index < -0.39 is 11.5 Å². The number of rotatable bonds is 2. The molecule has 1 rings (SSSR count). The van der Waals surface area contributed by atoms with E-state index in [1.165, 1.54) is 0 Å². The monoisotopic (exact) mass is 153 g/mol. The lowest BCUT2D eigenvalue weighted by Crippen LogP contribution is -2.47. The molecule has 11 heavy (non-hydrogen) atoms. The van der Waals surface area contributed by atoms with Crippen molar-refractivity contribution in [2.45, 2.75) is 24.8 Å². The number of nitrogens with one attached hydrogen (secondary N) is 1. The smallest absolute Gasteiger partial charge is 0.324 e. The van der Waals surface area contributed by atoms with Gasteiger partial charge in [0.15, 0.2) is 0 Å². The van der Waals surface area contributed by atoms with Gasteiger partial charge < -0.3 is 10.4 Å². The van der Waals surface area contributed by atoms with Gasteiger partial charge in [0.25, 0.3) is 0 Å². The summed E-state index contributed by atoms with van der Waals surface area (Å²) in [6.07, 6.45) is 6.90. The molecule has 1 atom stereocenters. The predicted octanol–water partition coefficient (Wildman–Crippen LogP) is 0.216. The van der Waals surface area contributed by atoms with Gasteiger partial charge in [0.1, 0.15) is 5.54 Å². The van der Waals surface area contributed by atoms with Crippen LogP contribution in [0, 0.1) is 12.3 Å². The maximum Gasteiger partial charge on any atom is 0.324 e. The van der Waals surface area contributed by atoms with Crippen molar-refractivity contribution in [3.05, 3.63) is 0 Å². The molecule has 0 unspecified atom stereocenters. The molecular weight excluding hydrogens is 142 g/mol. The second-order valence-electron chi connectivity index (χ2n) is 2.80. The van der Waals surface area contributed by atoms with Crippen LogP contribution in [0.25, 0.3) is 0 Å². The number of carboxylic acids is 1. The summed E-state index contributed by atoms with van der Waals surface area (Å²) in [6.45, 7) is 0.758. The molecule has 2 N–H and O–H groups in total. The first-order valence-corrected chi connectivity index (χ1v) is 3.63. The molecule has 3 heteroatoms. The SMILES string of the molecule is C#CC[C@]1(C(=O)O)CCCN1. The van der Waals surface area contributed by atoms with Gasteiger partial charge in [-0.15, -0.1) is 12.3 Å². The Hall–Kier alpha value is -1.01. The Labute approximate surface area is 65.8 Å². The van der Waals surface area contributed by atoms with Crippen LogP contribution in [-0.2, 0) is 4.79 Å². The van der Waals surface area contributed by atoms with Crippen molar-refractivity contribution < 1.29 is 9.90 Å². The Bertz CT molecular complexity index is 199. The zero-order valence-corrected chi connectivity index (χ0v) is 6.26. The fraction of sp³-hybridized carbons (Fsp3) is 0.625. The minimum atomic E-state index is -0.826. The Balaban J connectivity index is 2.72. The van der Waals surface area contributed by atoms with Crippen molar-refractivity contribution in [3.63, 3.8) is 0 Å². The van der Waals surface area contributed by atoms with E-state index >= 15 is 0 Å². The zero-order chi connectivity index (χ0) is 8.32.